The van der Waals surface area contributed by atoms with E-state index in [1.54, 1.807) is 12.1 Å². The number of rotatable bonds is 8. The van der Waals surface area contributed by atoms with Gasteiger partial charge in [-0.25, -0.2) is 4.39 Å². The second kappa shape index (κ2) is 11.7. The molecule has 0 N–H and O–H groups in total. The van der Waals surface area contributed by atoms with Crippen LogP contribution in [0.1, 0.15) is 63.4 Å². The summed E-state index contributed by atoms with van der Waals surface area (Å²) in [6.45, 7) is 5.17. The third kappa shape index (κ3) is 6.41. The zero-order valence-corrected chi connectivity index (χ0v) is 20.8. The van der Waals surface area contributed by atoms with E-state index in [9.17, 15) is 14.0 Å². The van der Waals surface area contributed by atoms with Crippen molar-refractivity contribution in [3.8, 4) is 5.75 Å². The number of carbonyl (C=O) groups is 2. The Morgan fingerprint density at radius 1 is 0.943 bits per heavy atom. The number of likely N-dealkylation sites (tertiary alicyclic amines) is 2. The van der Waals surface area contributed by atoms with Gasteiger partial charge in [0.15, 0.2) is 0 Å². The number of carbonyl (C=O) groups excluding carboxylic acids is 2. The Balaban J connectivity index is 1.53. The number of amides is 2. The summed E-state index contributed by atoms with van der Waals surface area (Å²) in [6, 6.07) is 15.9. The van der Waals surface area contributed by atoms with Gasteiger partial charge >= 0.3 is 0 Å². The molecule has 5 nitrogen and oxygen atoms in total. The van der Waals surface area contributed by atoms with E-state index in [1.807, 2.05) is 47.1 Å². The van der Waals surface area contributed by atoms with E-state index < -0.39 is 5.41 Å². The van der Waals surface area contributed by atoms with E-state index in [-0.39, 0.29) is 23.5 Å². The van der Waals surface area contributed by atoms with Crippen molar-refractivity contribution < 1.29 is 18.7 Å². The highest BCUT2D eigenvalue weighted by Gasteiger charge is 2.42. The number of hydrogen-bond acceptors (Lipinski definition) is 3. The number of ether oxygens (including phenoxy) is 1. The Bertz CT molecular complexity index is 975. The lowest BCUT2D eigenvalue weighted by Crippen LogP contribution is -2.52. The third-order valence-corrected chi connectivity index (χ3v) is 7.48. The predicted molar refractivity (Wildman–Crippen MR) is 135 cm³/mol. The summed E-state index contributed by atoms with van der Waals surface area (Å²) in [5.74, 6) is 0.346. The first-order valence-corrected chi connectivity index (χ1v) is 13.0. The van der Waals surface area contributed by atoms with E-state index >= 15 is 0 Å². The average Bonchev–Trinajstić information content (AvgIpc) is 2.90. The molecule has 2 aliphatic heterocycles. The summed E-state index contributed by atoms with van der Waals surface area (Å²) in [4.78, 5) is 30.9. The summed E-state index contributed by atoms with van der Waals surface area (Å²) >= 11 is 0. The molecule has 0 radical (unpaired) electrons. The first-order valence-electron chi connectivity index (χ1n) is 13.0. The van der Waals surface area contributed by atoms with Gasteiger partial charge in [0, 0.05) is 38.0 Å². The summed E-state index contributed by atoms with van der Waals surface area (Å²) in [5, 5.41) is 0. The summed E-state index contributed by atoms with van der Waals surface area (Å²) < 4.78 is 19.5. The van der Waals surface area contributed by atoms with Crippen LogP contribution >= 0.6 is 0 Å². The molecule has 2 atom stereocenters. The van der Waals surface area contributed by atoms with Gasteiger partial charge in [-0.2, -0.15) is 0 Å². The molecular weight excluding hydrogens is 443 g/mol. The Hall–Kier alpha value is -2.89. The van der Waals surface area contributed by atoms with Gasteiger partial charge < -0.3 is 14.5 Å². The summed E-state index contributed by atoms with van der Waals surface area (Å²) in [5.41, 5.74) is 0.564. The first kappa shape index (κ1) is 25.2. The zero-order valence-electron chi connectivity index (χ0n) is 20.8. The lowest BCUT2D eigenvalue weighted by Gasteiger charge is -2.44. The van der Waals surface area contributed by atoms with Gasteiger partial charge in [0.25, 0.3) is 0 Å². The molecule has 2 saturated heterocycles. The van der Waals surface area contributed by atoms with Crippen molar-refractivity contribution in [2.24, 2.45) is 5.41 Å². The van der Waals surface area contributed by atoms with Crippen LogP contribution in [0.3, 0.4) is 0 Å². The normalized spacial score (nSPS) is 21.4. The fourth-order valence-corrected chi connectivity index (χ4v) is 5.51. The van der Waals surface area contributed by atoms with Crippen molar-refractivity contribution in [3.63, 3.8) is 0 Å². The van der Waals surface area contributed by atoms with Gasteiger partial charge in [0.2, 0.25) is 11.8 Å². The van der Waals surface area contributed by atoms with Crippen molar-refractivity contribution in [2.75, 3.05) is 32.8 Å². The maximum atomic E-state index is 13.7. The van der Waals surface area contributed by atoms with Crippen LogP contribution in [0.4, 0.5) is 4.39 Å². The second-order valence-corrected chi connectivity index (χ2v) is 10.1. The lowest BCUT2D eigenvalue weighted by molar-refractivity contribution is -0.143. The predicted octanol–water partition coefficient (Wildman–Crippen LogP) is 5.41. The smallest absolute Gasteiger partial charge is 0.230 e. The van der Waals surface area contributed by atoms with E-state index in [0.29, 0.717) is 31.9 Å². The molecule has 6 heteroatoms. The maximum absolute atomic E-state index is 13.7. The average molecular weight is 481 g/mol. The SMILES string of the molecule is CC[C@H](C(=O)N1CCC[C@@](COc2ccc(F)cc2)(CC(=O)N2CCCCC2)C1)c1ccccc1. The molecule has 2 amide bonds. The topological polar surface area (TPSA) is 49.9 Å². The van der Waals surface area contributed by atoms with Crippen LogP contribution in [0, 0.1) is 11.2 Å². The number of nitrogens with zero attached hydrogens (tertiary/aromatic N) is 2. The molecular formula is C29H37FN2O3. The molecule has 2 aliphatic rings. The molecule has 0 spiro atoms. The van der Waals surface area contributed by atoms with Gasteiger partial charge in [-0.15, -0.1) is 0 Å². The van der Waals surface area contributed by atoms with Crippen LogP contribution < -0.4 is 4.74 Å². The van der Waals surface area contributed by atoms with Crippen LogP contribution in [0.15, 0.2) is 54.6 Å². The molecule has 2 heterocycles. The van der Waals surface area contributed by atoms with Crippen molar-refractivity contribution in [1.82, 2.24) is 9.80 Å². The number of benzene rings is 2. The minimum absolute atomic E-state index is 0.120. The molecule has 0 bridgehead atoms. The van der Waals surface area contributed by atoms with Crippen LogP contribution in [-0.2, 0) is 9.59 Å². The van der Waals surface area contributed by atoms with Gasteiger partial charge in [0.1, 0.15) is 11.6 Å². The standard InChI is InChI=1S/C29H37FN2O3/c1-2-26(23-10-5-3-6-11-23)28(34)32-19-9-16-29(21-32,20-27(33)31-17-7-4-8-18-31)22-35-25-14-12-24(30)13-15-25/h3,5-6,10-15,26H,2,4,7-9,16-22H2,1H3/t26-,29+/m0/s1. The Morgan fingerprint density at radius 3 is 2.31 bits per heavy atom. The minimum Gasteiger partial charge on any atom is -0.493 e. The van der Waals surface area contributed by atoms with Crippen molar-refractivity contribution in [1.29, 1.82) is 0 Å². The Morgan fingerprint density at radius 2 is 1.63 bits per heavy atom. The van der Waals surface area contributed by atoms with Crippen LogP contribution in [-0.4, -0.2) is 54.4 Å². The molecule has 2 aromatic carbocycles. The van der Waals surface area contributed by atoms with E-state index in [4.69, 9.17) is 4.74 Å². The molecule has 188 valence electrons. The molecule has 2 fully saturated rings. The lowest BCUT2D eigenvalue weighted by atomic mass is 9.76. The number of hydrogen-bond donors (Lipinski definition) is 0. The van der Waals surface area contributed by atoms with Gasteiger partial charge in [-0.3, -0.25) is 9.59 Å². The maximum Gasteiger partial charge on any atom is 0.230 e. The highest BCUT2D eigenvalue weighted by molar-refractivity contribution is 5.84. The van der Waals surface area contributed by atoms with Gasteiger partial charge in [0.05, 0.1) is 12.5 Å². The van der Waals surface area contributed by atoms with Crippen LogP contribution in [0.25, 0.3) is 0 Å². The van der Waals surface area contributed by atoms with E-state index in [2.05, 4.69) is 0 Å². The van der Waals surface area contributed by atoms with Crippen LogP contribution in [0.5, 0.6) is 5.75 Å². The van der Waals surface area contributed by atoms with Crippen molar-refractivity contribution in [3.05, 3.63) is 66.0 Å². The quantitative estimate of drug-likeness (QED) is 0.508. The molecule has 0 aromatic heterocycles. The third-order valence-electron chi connectivity index (χ3n) is 7.48. The van der Waals surface area contributed by atoms with Crippen molar-refractivity contribution in [2.45, 2.75) is 57.8 Å². The fraction of sp³-hybridized carbons (Fsp3) is 0.517. The zero-order chi connectivity index (χ0) is 24.7. The van der Waals surface area contributed by atoms with Crippen molar-refractivity contribution >= 4 is 11.8 Å². The summed E-state index contributed by atoms with van der Waals surface area (Å²) in [7, 11) is 0. The van der Waals surface area contributed by atoms with Crippen LogP contribution in [0.2, 0.25) is 0 Å². The van der Waals surface area contributed by atoms with E-state index in [0.717, 1.165) is 50.8 Å². The summed E-state index contributed by atoms with van der Waals surface area (Å²) in [6.07, 6.45) is 6.00. The molecule has 0 unspecified atom stereocenters. The number of halogens is 1. The largest absolute Gasteiger partial charge is 0.493 e. The monoisotopic (exact) mass is 480 g/mol. The minimum atomic E-state index is -0.466. The molecule has 0 saturated carbocycles. The highest BCUT2D eigenvalue weighted by atomic mass is 19.1. The Labute approximate surface area is 208 Å². The fourth-order valence-electron chi connectivity index (χ4n) is 5.51. The molecule has 2 aromatic rings. The second-order valence-electron chi connectivity index (χ2n) is 10.1. The Kier molecular flexibility index (Phi) is 8.42. The molecule has 35 heavy (non-hydrogen) atoms. The highest BCUT2D eigenvalue weighted by Crippen LogP contribution is 2.37. The molecule has 0 aliphatic carbocycles. The van der Waals surface area contributed by atoms with Gasteiger partial charge in [-0.05, 0) is 68.4 Å². The molecule has 4 rings (SSSR count). The number of piperidine rings is 2. The van der Waals surface area contributed by atoms with E-state index in [1.165, 1.54) is 18.6 Å². The first-order chi connectivity index (χ1) is 17.0. The van der Waals surface area contributed by atoms with Gasteiger partial charge in [-0.1, -0.05) is 37.3 Å².